The van der Waals surface area contributed by atoms with Crippen LogP contribution in [0.15, 0.2) is 42.7 Å². The van der Waals surface area contributed by atoms with E-state index in [1.807, 2.05) is 5.32 Å². The van der Waals surface area contributed by atoms with Gasteiger partial charge in [0.05, 0.1) is 6.20 Å². The number of aromatic nitrogens is 3. The van der Waals surface area contributed by atoms with Crippen LogP contribution in [-0.4, -0.2) is 41.4 Å². The standard InChI is InChI=1S/C15H9ClF4N4O.2C2HF3O2/c16-12-10-8(17)4-3-7-24(10)13(23-12)14(25)22-11(15(18,19)20)9-5-1-2-6-21-9;2*3-2(4,5)1(6)7/h1-7,11H,(H,22,25);2*(H,6,7). The molecular weight excluding hydrogens is 590 g/mol. The highest BCUT2D eigenvalue weighted by Gasteiger charge is 2.46. The van der Waals surface area contributed by atoms with Crippen molar-refractivity contribution in [2.45, 2.75) is 24.6 Å². The smallest absolute Gasteiger partial charge is 0.430 e. The van der Waals surface area contributed by atoms with Gasteiger partial charge in [0.1, 0.15) is 11.9 Å². The van der Waals surface area contributed by atoms with Crippen LogP contribution in [0, 0.1) is 5.82 Å². The molecule has 39 heavy (non-hydrogen) atoms. The lowest BCUT2D eigenvalue weighted by molar-refractivity contribution is -0.515. The number of alkyl halides is 9. The van der Waals surface area contributed by atoms with Gasteiger partial charge in [0.15, 0.2) is 12.0 Å². The lowest BCUT2D eigenvalue weighted by Crippen LogP contribution is -2.44. The number of amides is 1. The van der Waals surface area contributed by atoms with E-state index >= 15 is 0 Å². The highest BCUT2D eigenvalue weighted by Crippen LogP contribution is 2.31. The Morgan fingerprint density at radius 2 is 1.44 bits per heavy atom. The number of nitrogens with one attached hydrogen (secondary N) is 3. The second-order valence-corrected chi connectivity index (χ2v) is 7.08. The Balaban J connectivity index is 0.000000449. The van der Waals surface area contributed by atoms with Crippen molar-refractivity contribution < 1.29 is 77.9 Å². The summed E-state index contributed by atoms with van der Waals surface area (Å²) in [5, 5.41) is 19.3. The van der Waals surface area contributed by atoms with Gasteiger partial charge in [-0.1, -0.05) is 6.07 Å². The number of imidazole rings is 1. The van der Waals surface area contributed by atoms with Crippen molar-refractivity contribution >= 4 is 35.0 Å². The lowest BCUT2D eigenvalue weighted by Gasteiger charge is -2.16. The normalized spacial score (nSPS) is 12.4. The molecule has 0 aromatic carbocycles. The predicted octanol–water partition coefficient (Wildman–Crippen LogP) is 0.991. The van der Waals surface area contributed by atoms with Crippen LogP contribution in [0.2, 0.25) is 5.15 Å². The third kappa shape index (κ3) is 9.58. The number of fused-ring (bicyclic) bond motifs is 1. The van der Waals surface area contributed by atoms with Crippen molar-refractivity contribution in [1.82, 2.24) is 10.3 Å². The number of aromatic amines is 2. The molecule has 20 heteroatoms. The van der Waals surface area contributed by atoms with Crippen LogP contribution in [0.3, 0.4) is 0 Å². The van der Waals surface area contributed by atoms with E-state index in [4.69, 9.17) is 31.4 Å². The molecule has 1 atom stereocenters. The highest BCUT2D eigenvalue weighted by molar-refractivity contribution is 6.32. The quantitative estimate of drug-likeness (QED) is 0.341. The molecule has 3 heterocycles. The van der Waals surface area contributed by atoms with Gasteiger partial charge in [-0.3, -0.25) is 4.79 Å². The number of H-pyrrole nitrogens is 2. The fourth-order valence-electron chi connectivity index (χ4n) is 2.39. The van der Waals surface area contributed by atoms with Crippen molar-refractivity contribution in [2.24, 2.45) is 0 Å². The molecule has 0 saturated heterocycles. The van der Waals surface area contributed by atoms with Crippen LogP contribution in [0.4, 0.5) is 43.9 Å². The van der Waals surface area contributed by atoms with Crippen LogP contribution in [-0.2, 0) is 9.59 Å². The molecule has 214 valence electrons. The minimum absolute atomic E-state index is 0.135. The summed E-state index contributed by atoms with van der Waals surface area (Å²) < 4.78 is 118. The molecule has 0 aliphatic heterocycles. The number of hydrogen-bond acceptors (Lipinski definition) is 5. The first kappa shape index (κ1) is 32.9. The summed E-state index contributed by atoms with van der Waals surface area (Å²) in [6.45, 7) is 0. The molecule has 0 spiro atoms. The van der Waals surface area contributed by atoms with Gasteiger partial charge in [0, 0.05) is 12.1 Å². The second-order valence-electron chi connectivity index (χ2n) is 6.70. The van der Waals surface area contributed by atoms with E-state index in [1.54, 1.807) is 0 Å². The summed E-state index contributed by atoms with van der Waals surface area (Å²) in [6, 6.07) is 4.26. The van der Waals surface area contributed by atoms with Crippen molar-refractivity contribution in [1.29, 1.82) is 0 Å². The fraction of sp³-hybridized carbons (Fsp3) is 0.211. The van der Waals surface area contributed by atoms with Crippen molar-refractivity contribution in [3.05, 3.63) is 65.2 Å². The summed E-state index contributed by atoms with van der Waals surface area (Å²) in [6.07, 6.45) is -12.5. The Hall–Kier alpha value is -4.16. The summed E-state index contributed by atoms with van der Waals surface area (Å²) >= 11 is 5.85. The number of carboxylic acid groups (broad SMARTS) is 2. The minimum Gasteiger partial charge on any atom is -0.542 e. The minimum atomic E-state index is -5.19. The summed E-state index contributed by atoms with van der Waals surface area (Å²) in [4.78, 5) is 34.8. The van der Waals surface area contributed by atoms with E-state index in [1.165, 1.54) is 36.7 Å². The van der Waals surface area contributed by atoms with Gasteiger partial charge in [0.25, 0.3) is 0 Å². The molecule has 3 aromatic heterocycles. The molecule has 0 radical (unpaired) electrons. The van der Waals surface area contributed by atoms with E-state index in [0.29, 0.717) is 0 Å². The Bertz CT molecular complexity index is 1290. The number of hydrogen-bond donors (Lipinski definition) is 2. The molecule has 1 unspecified atom stereocenters. The van der Waals surface area contributed by atoms with Gasteiger partial charge in [-0.25, -0.2) is 14.4 Å². The van der Waals surface area contributed by atoms with Gasteiger partial charge >= 0.3 is 30.3 Å². The van der Waals surface area contributed by atoms with Crippen LogP contribution < -0.4 is 24.9 Å². The van der Waals surface area contributed by atoms with Gasteiger partial charge in [0.2, 0.25) is 22.4 Å². The average molecular weight is 601 g/mol. The highest BCUT2D eigenvalue weighted by atomic mass is 35.5. The zero-order chi connectivity index (χ0) is 30.3. The van der Waals surface area contributed by atoms with Crippen LogP contribution in [0.25, 0.3) is 5.52 Å². The SMILES string of the molecule is O=C(NC(c1cccc[nH+]1)C(F)(F)F)c1[nH]c(Cl)c2c(F)ccc[n+]12.O=C([O-])C(F)(F)F.O=C([O-])C(F)(F)F. The maximum absolute atomic E-state index is 13.8. The first-order valence-corrected chi connectivity index (χ1v) is 9.83. The molecule has 0 bridgehead atoms. The summed E-state index contributed by atoms with van der Waals surface area (Å²) in [5.74, 6) is -8.15. The lowest BCUT2D eigenvalue weighted by atomic mass is 10.1. The number of pyridine rings is 2. The number of aliphatic carboxylic acids is 2. The first-order chi connectivity index (χ1) is 17.7. The molecular formula is C19H11ClF10N4O5. The zero-order valence-electron chi connectivity index (χ0n) is 18.3. The third-order valence-corrected chi connectivity index (χ3v) is 4.22. The summed E-state index contributed by atoms with van der Waals surface area (Å²) in [5.41, 5.74) is -0.384. The molecule has 0 fully saturated rings. The number of carbonyl (C=O) groups excluding carboxylic acids is 3. The molecule has 9 nitrogen and oxygen atoms in total. The van der Waals surface area contributed by atoms with Gasteiger partial charge in [-0.15, -0.1) is 0 Å². The zero-order valence-corrected chi connectivity index (χ0v) is 19.0. The number of halogens is 11. The third-order valence-electron chi connectivity index (χ3n) is 3.95. The first-order valence-electron chi connectivity index (χ1n) is 9.45. The maximum atomic E-state index is 13.8. The molecule has 3 aromatic rings. The van der Waals surface area contributed by atoms with E-state index < -0.39 is 48.2 Å². The number of nitrogens with zero attached hydrogens (tertiary/aromatic N) is 1. The molecule has 0 saturated carbocycles. The van der Waals surface area contributed by atoms with Gasteiger partial charge < -0.3 is 25.1 Å². The van der Waals surface area contributed by atoms with Gasteiger partial charge in [-0.05, 0) is 23.7 Å². The molecule has 3 N–H and O–H groups in total. The molecule has 1 amide bonds. The second kappa shape index (κ2) is 12.6. The number of carboxylic acids is 2. The van der Waals surface area contributed by atoms with Crippen LogP contribution in [0.1, 0.15) is 22.4 Å². The topological polar surface area (TPSA) is 143 Å². The predicted molar refractivity (Wildman–Crippen MR) is 100 cm³/mol. The van der Waals surface area contributed by atoms with E-state index in [0.717, 1.165) is 10.5 Å². The fourth-order valence-corrected chi connectivity index (χ4v) is 2.66. The van der Waals surface area contributed by atoms with Crippen molar-refractivity contribution in [2.75, 3.05) is 0 Å². The van der Waals surface area contributed by atoms with Crippen molar-refractivity contribution in [3.63, 3.8) is 0 Å². The molecule has 0 aliphatic carbocycles. The Kier molecular flexibility index (Phi) is 10.6. The Labute approximate surface area is 213 Å². The average Bonchev–Trinajstić information content (AvgIpc) is 3.14. The Morgan fingerprint density at radius 1 is 0.923 bits per heavy atom. The maximum Gasteiger partial charge on any atom is 0.430 e. The number of carbonyl (C=O) groups is 3. The molecule has 0 aliphatic rings. The monoisotopic (exact) mass is 600 g/mol. The van der Waals surface area contributed by atoms with E-state index in [-0.39, 0.29) is 22.2 Å². The Morgan fingerprint density at radius 3 is 1.85 bits per heavy atom. The van der Waals surface area contributed by atoms with Crippen LogP contribution >= 0.6 is 11.6 Å². The van der Waals surface area contributed by atoms with Crippen LogP contribution in [0.5, 0.6) is 0 Å². The van der Waals surface area contributed by atoms with E-state index in [2.05, 4.69) is 9.97 Å². The molecule has 3 rings (SSSR count). The van der Waals surface area contributed by atoms with E-state index in [9.17, 15) is 48.7 Å². The number of rotatable bonds is 3. The summed E-state index contributed by atoms with van der Waals surface area (Å²) in [7, 11) is 0. The van der Waals surface area contributed by atoms with Gasteiger partial charge in [-0.2, -0.15) is 43.9 Å². The van der Waals surface area contributed by atoms with Crippen molar-refractivity contribution in [3.8, 4) is 0 Å². The largest absolute Gasteiger partial charge is 0.542 e.